The molecule has 0 aromatic heterocycles. The number of hydrogen-bond donors (Lipinski definition) is 1. The molecule has 0 radical (unpaired) electrons. The minimum Gasteiger partial charge on any atom is -0.388 e. The molecule has 0 aromatic rings. The molecule has 0 amide bonds. The van der Waals surface area contributed by atoms with Crippen molar-refractivity contribution in [2.45, 2.75) is 51.4 Å². The summed E-state index contributed by atoms with van der Waals surface area (Å²) >= 11 is 0. The molecule has 0 spiro atoms. The van der Waals surface area contributed by atoms with Gasteiger partial charge < -0.3 is 14.6 Å². The average molecular weight is 188 g/mol. The number of ether oxygens (including phenoxy) is 2. The topological polar surface area (TPSA) is 38.7 Å². The van der Waals surface area contributed by atoms with Crippen molar-refractivity contribution in [2.75, 3.05) is 13.2 Å². The SMILES string of the molecule is CCCCCC1(C)OCC(O)CO1. The van der Waals surface area contributed by atoms with Crippen LogP contribution in [0.4, 0.5) is 0 Å². The summed E-state index contributed by atoms with van der Waals surface area (Å²) in [6, 6.07) is 0. The maximum atomic E-state index is 9.16. The molecule has 1 rings (SSSR count). The molecule has 13 heavy (non-hydrogen) atoms. The van der Waals surface area contributed by atoms with Gasteiger partial charge >= 0.3 is 0 Å². The van der Waals surface area contributed by atoms with E-state index in [2.05, 4.69) is 6.92 Å². The number of aliphatic hydroxyl groups excluding tert-OH is 1. The molecule has 1 aliphatic heterocycles. The largest absolute Gasteiger partial charge is 0.388 e. The molecule has 1 aliphatic rings. The predicted molar refractivity (Wildman–Crippen MR) is 50.5 cm³/mol. The molecule has 3 heteroatoms. The molecule has 1 saturated heterocycles. The standard InChI is InChI=1S/C10H20O3/c1-3-4-5-6-10(2)12-7-9(11)8-13-10/h9,11H,3-8H2,1-2H3. The molecule has 0 aromatic carbocycles. The van der Waals surface area contributed by atoms with Crippen LogP contribution in [-0.2, 0) is 9.47 Å². The Morgan fingerprint density at radius 3 is 2.46 bits per heavy atom. The van der Waals surface area contributed by atoms with E-state index in [1.54, 1.807) is 0 Å². The van der Waals surface area contributed by atoms with E-state index in [4.69, 9.17) is 14.6 Å². The lowest BCUT2D eigenvalue weighted by Gasteiger charge is -2.36. The van der Waals surface area contributed by atoms with Gasteiger partial charge in [-0.25, -0.2) is 0 Å². The second-order valence-electron chi connectivity index (χ2n) is 3.87. The minimum atomic E-state index is -0.450. The van der Waals surface area contributed by atoms with Crippen LogP contribution in [0.3, 0.4) is 0 Å². The van der Waals surface area contributed by atoms with E-state index < -0.39 is 11.9 Å². The number of aliphatic hydroxyl groups is 1. The molecule has 1 heterocycles. The summed E-state index contributed by atoms with van der Waals surface area (Å²) in [5.74, 6) is -0.450. The van der Waals surface area contributed by atoms with E-state index in [9.17, 15) is 0 Å². The van der Waals surface area contributed by atoms with Crippen molar-refractivity contribution in [3.05, 3.63) is 0 Å². The first-order valence-corrected chi connectivity index (χ1v) is 5.12. The lowest BCUT2D eigenvalue weighted by Crippen LogP contribution is -2.44. The van der Waals surface area contributed by atoms with Gasteiger partial charge in [-0.05, 0) is 13.3 Å². The molecule has 0 unspecified atom stereocenters. The van der Waals surface area contributed by atoms with Crippen molar-refractivity contribution in [1.29, 1.82) is 0 Å². The zero-order valence-electron chi connectivity index (χ0n) is 8.58. The summed E-state index contributed by atoms with van der Waals surface area (Å²) in [5, 5.41) is 9.16. The van der Waals surface area contributed by atoms with Crippen LogP contribution >= 0.6 is 0 Å². The van der Waals surface area contributed by atoms with E-state index in [0.29, 0.717) is 13.2 Å². The van der Waals surface area contributed by atoms with Gasteiger partial charge in [-0.2, -0.15) is 0 Å². The molecule has 0 aliphatic carbocycles. The zero-order chi connectivity index (χ0) is 9.73. The quantitative estimate of drug-likeness (QED) is 0.682. The highest BCUT2D eigenvalue weighted by Gasteiger charge is 2.31. The van der Waals surface area contributed by atoms with Crippen molar-refractivity contribution >= 4 is 0 Å². The van der Waals surface area contributed by atoms with Crippen LogP contribution in [0.15, 0.2) is 0 Å². The molecule has 0 saturated carbocycles. The summed E-state index contributed by atoms with van der Waals surface area (Å²) in [6.45, 7) is 4.94. The summed E-state index contributed by atoms with van der Waals surface area (Å²) in [4.78, 5) is 0. The number of unbranched alkanes of at least 4 members (excludes halogenated alkanes) is 2. The van der Waals surface area contributed by atoms with E-state index in [0.717, 1.165) is 12.8 Å². The zero-order valence-corrected chi connectivity index (χ0v) is 8.58. The third-order valence-corrected chi connectivity index (χ3v) is 2.40. The van der Waals surface area contributed by atoms with Gasteiger partial charge in [-0.15, -0.1) is 0 Å². The molecule has 3 nitrogen and oxygen atoms in total. The molecular weight excluding hydrogens is 168 g/mol. The number of rotatable bonds is 4. The second-order valence-corrected chi connectivity index (χ2v) is 3.87. The van der Waals surface area contributed by atoms with Crippen molar-refractivity contribution in [3.8, 4) is 0 Å². The Kier molecular flexibility index (Phi) is 4.16. The molecule has 0 atom stereocenters. The van der Waals surface area contributed by atoms with Crippen LogP contribution in [0.5, 0.6) is 0 Å². The van der Waals surface area contributed by atoms with Gasteiger partial charge in [0.15, 0.2) is 5.79 Å². The van der Waals surface area contributed by atoms with Gasteiger partial charge in [0, 0.05) is 6.42 Å². The van der Waals surface area contributed by atoms with E-state index in [-0.39, 0.29) is 0 Å². The molecule has 1 N–H and O–H groups in total. The van der Waals surface area contributed by atoms with Crippen molar-refractivity contribution in [2.24, 2.45) is 0 Å². The van der Waals surface area contributed by atoms with Crippen LogP contribution in [0.1, 0.15) is 39.5 Å². The third kappa shape index (κ3) is 3.63. The lowest BCUT2D eigenvalue weighted by molar-refractivity contribution is -0.285. The van der Waals surface area contributed by atoms with Crippen LogP contribution < -0.4 is 0 Å². The fourth-order valence-electron chi connectivity index (χ4n) is 1.48. The normalized spacial score (nSPS) is 34.8. The highest BCUT2D eigenvalue weighted by Crippen LogP contribution is 2.24. The highest BCUT2D eigenvalue weighted by atomic mass is 16.7. The Balaban J connectivity index is 2.22. The van der Waals surface area contributed by atoms with E-state index in [1.165, 1.54) is 12.8 Å². The van der Waals surface area contributed by atoms with Crippen LogP contribution in [-0.4, -0.2) is 30.2 Å². The monoisotopic (exact) mass is 188 g/mol. The Hall–Kier alpha value is -0.120. The molecular formula is C10H20O3. The first kappa shape index (κ1) is 11.0. The van der Waals surface area contributed by atoms with Crippen LogP contribution in [0.25, 0.3) is 0 Å². The average Bonchev–Trinajstić information content (AvgIpc) is 2.12. The lowest BCUT2D eigenvalue weighted by atomic mass is 10.1. The molecule has 1 fully saturated rings. The second kappa shape index (κ2) is 4.94. The Morgan fingerprint density at radius 1 is 1.31 bits per heavy atom. The maximum absolute atomic E-state index is 9.16. The highest BCUT2D eigenvalue weighted by molar-refractivity contribution is 4.70. The van der Waals surface area contributed by atoms with Gasteiger partial charge in [0.05, 0.1) is 13.2 Å². The predicted octanol–water partition coefficient (Wildman–Crippen LogP) is 1.69. The van der Waals surface area contributed by atoms with Gasteiger partial charge in [0.25, 0.3) is 0 Å². The maximum Gasteiger partial charge on any atom is 0.165 e. The summed E-state index contributed by atoms with van der Waals surface area (Å²) in [6.07, 6.45) is 4.03. The van der Waals surface area contributed by atoms with Crippen LogP contribution in [0, 0.1) is 0 Å². The smallest absolute Gasteiger partial charge is 0.165 e. The fourth-order valence-corrected chi connectivity index (χ4v) is 1.48. The summed E-state index contributed by atoms with van der Waals surface area (Å²) < 4.78 is 10.9. The van der Waals surface area contributed by atoms with E-state index in [1.807, 2.05) is 6.92 Å². The Bertz CT molecular complexity index is 139. The molecule has 78 valence electrons. The summed E-state index contributed by atoms with van der Waals surface area (Å²) in [7, 11) is 0. The third-order valence-electron chi connectivity index (χ3n) is 2.40. The fraction of sp³-hybridized carbons (Fsp3) is 1.00. The van der Waals surface area contributed by atoms with Gasteiger partial charge in [0.2, 0.25) is 0 Å². The Morgan fingerprint density at radius 2 is 1.92 bits per heavy atom. The molecule has 0 bridgehead atoms. The van der Waals surface area contributed by atoms with Gasteiger partial charge in [-0.3, -0.25) is 0 Å². The van der Waals surface area contributed by atoms with Crippen LogP contribution in [0.2, 0.25) is 0 Å². The van der Waals surface area contributed by atoms with E-state index >= 15 is 0 Å². The number of hydrogen-bond acceptors (Lipinski definition) is 3. The summed E-state index contributed by atoms with van der Waals surface area (Å²) in [5.41, 5.74) is 0. The van der Waals surface area contributed by atoms with Gasteiger partial charge in [-0.1, -0.05) is 19.8 Å². The van der Waals surface area contributed by atoms with Crippen molar-refractivity contribution < 1.29 is 14.6 Å². The minimum absolute atomic E-state index is 0.405. The van der Waals surface area contributed by atoms with Crippen molar-refractivity contribution in [3.63, 3.8) is 0 Å². The van der Waals surface area contributed by atoms with Gasteiger partial charge in [0.1, 0.15) is 6.10 Å². The first-order chi connectivity index (χ1) is 6.16. The Labute approximate surface area is 80.0 Å². The van der Waals surface area contributed by atoms with Crippen molar-refractivity contribution in [1.82, 2.24) is 0 Å². The first-order valence-electron chi connectivity index (χ1n) is 5.12.